The largest absolute Gasteiger partial charge is 0.340 e. The maximum Gasteiger partial charge on any atom is 0.335 e. The van der Waals surface area contributed by atoms with Crippen LogP contribution in [0.4, 0.5) is 0 Å². The first kappa shape index (κ1) is 21.1. The van der Waals surface area contributed by atoms with Gasteiger partial charge in [-0.05, 0) is 38.0 Å². The second-order valence-electron chi connectivity index (χ2n) is 7.19. The number of benzene rings is 2. The monoisotopic (exact) mass is 401 g/mol. The summed E-state index contributed by atoms with van der Waals surface area (Å²) < 4.78 is 26.4. The molecule has 0 radical (unpaired) electrons. The fourth-order valence-electron chi connectivity index (χ4n) is 3.88. The van der Waals surface area contributed by atoms with Gasteiger partial charge in [0.05, 0.1) is 19.4 Å². The summed E-state index contributed by atoms with van der Waals surface area (Å²) in [5.74, 6) is 0. The number of para-hydroxylation sites is 1. The first-order valence-corrected chi connectivity index (χ1v) is 12.2. The highest BCUT2D eigenvalue weighted by atomic mass is 31.2. The van der Waals surface area contributed by atoms with Crippen LogP contribution in [0.25, 0.3) is 21.8 Å². The Hall–Kier alpha value is -1.61. The summed E-state index contributed by atoms with van der Waals surface area (Å²) in [5.41, 5.74) is 3.47. The maximum atomic E-state index is 13.0. The molecule has 0 amide bonds. The summed E-state index contributed by atoms with van der Waals surface area (Å²) in [7, 11) is -3.11. The SMILES string of the molecule is CCCCCCn1c2ccccc2c2ccc(CP(=O)(OCC)OCC)cc21. The normalized spacial score (nSPS) is 12.2. The molecule has 0 unspecified atom stereocenters. The lowest BCUT2D eigenvalue weighted by Gasteiger charge is -2.17. The summed E-state index contributed by atoms with van der Waals surface area (Å²) in [6.45, 7) is 7.71. The van der Waals surface area contributed by atoms with Gasteiger partial charge in [0, 0.05) is 28.4 Å². The van der Waals surface area contributed by atoms with E-state index in [-0.39, 0.29) is 0 Å². The van der Waals surface area contributed by atoms with E-state index < -0.39 is 7.60 Å². The molecule has 0 aliphatic carbocycles. The minimum Gasteiger partial charge on any atom is -0.340 e. The molecule has 0 spiro atoms. The Kier molecular flexibility index (Phi) is 7.34. The predicted molar refractivity (Wildman–Crippen MR) is 118 cm³/mol. The van der Waals surface area contributed by atoms with Crippen molar-refractivity contribution >= 4 is 29.4 Å². The number of aryl methyl sites for hydroxylation is 1. The van der Waals surface area contributed by atoms with Gasteiger partial charge in [-0.3, -0.25) is 4.57 Å². The Labute approximate surface area is 168 Å². The van der Waals surface area contributed by atoms with E-state index in [1.54, 1.807) is 0 Å². The van der Waals surface area contributed by atoms with E-state index in [9.17, 15) is 4.57 Å². The van der Waals surface area contributed by atoms with Crippen molar-refractivity contribution < 1.29 is 13.6 Å². The average Bonchev–Trinajstić information content (AvgIpc) is 2.99. The van der Waals surface area contributed by atoms with Crippen molar-refractivity contribution in [3.63, 3.8) is 0 Å². The average molecular weight is 401 g/mol. The number of fused-ring (bicyclic) bond motifs is 3. The lowest BCUT2D eigenvalue weighted by atomic mass is 10.1. The van der Waals surface area contributed by atoms with E-state index in [0.717, 1.165) is 12.1 Å². The van der Waals surface area contributed by atoms with Crippen LogP contribution in [0.1, 0.15) is 52.0 Å². The lowest BCUT2D eigenvalue weighted by Crippen LogP contribution is -2.00. The molecule has 4 nitrogen and oxygen atoms in total. The Balaban J connectivity index is 1.99. The molecule has 0 aliphatic heterocycles. The van der Waals surface area contributed by atoms with Gasteiger partial charge >= 0.3 is 7.60 Å². The van der Waals surface area contributed by atoms with Crippen LogP contribution in [0.5, 0.6) is 0 Å². The number of hydrogen-bond acceptors (Lipinski definition) is 3. The highest BCUT2D eigenvalue weighted by molar-refractivity contribution is 7.53. The summed E-state index contributed by atoms with van der Waals surface area (Å²) >= 11 is 0. The molecule has 28 heavy (non-hydrogen) atoms. The second-order valence-corrected chi connectivity index (χ2v) is 9.24. The minimum atomic E-state index is -3.11. The molecule has 0 fully saturated rings. The number of aromatic nitrogens is 1. The molecule has 0 N–H and O–H groups in total. The van der Waals surface area contributed by atoms with E-state index in [1.165, 1.54) is 47.5 Å². The van der Waals surface area contributed by atoms with Gasteiger partial charge in [0.2, 0.25) is 0 Å². The van der Waals surface area contributed by atoms with Crippen LogP contribution in [0.3, 0.4) is 0 Å². The minimum absolute atomic E-state index is 0.308. The van der Waals surface area contributed by atoms with Crippen molar-refractivity contribution in [2.24, 2.45) is 0 Å². The van der Waals surface area contributed by atoms with Crippen molar-refractivity contribution in [2.45, 2.75) is 59.2 Å². The topological polar surface area (TPSA) is 40.5 Å². The van der Waals surface area contributed by atoms with Crippen LogP contribution < -0.4 is 0 Å². The van der Waals surface area contributed by atoms with Crippen molar-refractivity contribution in [3.05, 3.63) is 48.0 Å². The third kappa shape index (κ3) is 4.68. The van der Waals surface area contributed by atoms with Crippen LogP contribution in [-0.2, 0) is 26.3 Å². The van der Waals surface area contributed by atoms with Gasteiger partial charge < -0.3 is 13.6 Å². The van der Waals surface area contributed by atoms with Gasteiger partial charge in [0.15, 0.2) is 0 Å². The molecular formula is C23H32NO3P. The van der Waals surface area contributed by atoms with Crippen LogP contribution in [0.15, 0.2) is 42.5 Å². The maximum absolute atomic E-state index is 13.0. The van der Waals surface area contributed by atoms with Crippen molar-refractivity contribution in [1.29, 1.82) is 0 Å². The van der Waals surface area contributed by atoms with E-state index >= 15 is 0 Å². The molecule has 0 atom stereocenters. The zero-order valence-electron chi connectivity index (χ0n) is 17.3. The first-order valence-electron chi connectivity index (χ1n) is 10.5. The fourth-order valence-corrected chi connectivity index (χ4v) is 5.56. The molecule has 0 bridgehead atoms. The third-order valence-electron chi connectivity index (χ3n) is 5.10. The molecule has 2 aromatic carbocycles. The van der Waals surface area contributed by atoms with Crippen LogP contribution in [0, 0.1) is 0 Å². The Morgan fingerprint density at radius 2 is 1.57 bits per heavy atom. The summed E-state index contributed by atoms with van der Waals surface area (Å²) in [6, 6.07) is 14.9. The van der Waals surface area contributed by atoms with Crippen LogP contribution >= 0.6 is 7.60 Å². The van der Waals surface area contributed by atoms with Gasteiger partial charge in [-0.1, -0.05) is 56.5 Å². The van der Waals surface area contributed by atoms with E-state index in [4.69, 9.17) is 9.05 Å². The standard InChI is InChI=1S/C23H32NO3P/c1-4-7-8-11-16-24-22-13-10-9-12-20(22)21-15-14-19(17-23(21)24)18-28(25,26-5-2)27-6-3/h9-10,12-15,17H,4-8,11,16,18H2,1-3H3. The van der Waals surface area contributed by atoms with Crippen LogP contribution in [0.2, 0.25) is 0 Å². The molecule has 0 saturated heterocycles. The third-order valence-corrected chi connectivity index (χ3v) is 7.16. The number of rotatable bonds is 11. The number of unbranched alkanes of at least 4 members (excludes halogenated alkanes) is 3. The van der Waals surface area contributed by atoms with Gasteiger partial charge in [-0.2, -0.15) is 0 Å². The summed E-state index contributed by atoms with van der Waals surface area (Å²) in [4.78, 5) is 0. The molecule has 152 valence electrons. The van der Waals surface area contributed by atoms with E-state index in [0.29, 0.717) is 19.4 Å². The van der Waals surface area contributed by atoms with E-state index in [2.05, 4.69) is 54.0 Å². The van der Waals surface area contributed by atoms with Crippen LogP contribution in [-0.4, -0.2) is 17.8 Å². The van der Waals surface area contributed by atoms with E-state index in [1.807, 2.05) is 13.8 Å². The van der Waals surface area contributed by atoms with Crippen molar-refractivity contribution in [1.82, 2.24) is 4.57 Å². The first-order chi connectivity index (χ1) is 13.6. The molecule has 5 heteroatoms. The van der Waals surface area contributed by atoms with Crippen molar-refractivity contribution in [3.8, 4) is 0 Å². The Bertz CT molecular complexity index is 953. The quantitative estimate of drug-likeness (QED) is 0.253. The molecular weight excluding hydrogens is 369 g/mol. The van der Waals surface area contributed by atoms with Gasteiger partial charge in [0.25, 0.3) is 0 Å². The van der Waals surface area contributed by atoms with Crippen molar-refractivity contribution in [2.75, 3.05) is 13.2 Å². The molecule has 0 aliphatic rings. The molecule has 1 aromatic heterocycles. The number of nitrogens with zero attached hydrogens (tertiary/aromatic N) is 1. The Morgan fingerprint density at radius 1 is 0.857 bits per heavy atom. The molecule has 1 heterocycles. The summed E-state index contributed by atoms with van der Waals surface area (Å²) in [6.07, 6.45) is 5.23. The smallest absolute Gasteiger partial charge is 0.335 e. The second kappa shape index (κ2) is 9.73. The van der Waals surface area contributed by atoms with Gasteiger partial charge in [-0.25, -0.2) is 0 Å². The predicted octanol–water partition coefficient (Wildman–Crippen LogP) is 7.14. The highest BCUT2D eigenvalue weighted by Gasteiger charge is 2.24. The molecule has 3 aromatic rings. The molecule has 0 saturated carbocycles. The zero-order chi connectivity index (χ0) is 20.0. The van der Waals surface area contributed by atoms with Gasteiger partial charge in [-0.15, -0.1) is 0 Å². The molecule has 3 rings (SSSR count). The summed E-state index contributed by atoms with van der Waals surface area (Å²) in [5, 5.41) is 2.52. The highest BCUT2D eigenvalue weighted by Crippen LogP contribution is 2.51. The number of hydrogen-bond donors (Lipinski definition) is 0. The Morgan fingerprint density at radius 3 is 2.29 bits per heavy atom. The fraction of sp³-hybridized carbons (Fsp3) is 0.478. The van der Waals surface area contributed by atoms with Gasteiger partial charge in [0.1, 0.15) is 0 Å². The lowest BCUT2D eigenvalue weighted by molar-refractivity contribution is 0.219. The zero-order valence-corrected chi connectivity index (χ0v) is 18.2.